The third kappa shape index (κ3) is 4.05. The van der Waals surface area contributed by atoms with E-state index >= 15 is 0 Å². The number of rotatable bonds is 4. The lowest BCUT2D eigenvalue weighted by atomic mass is 10.1. The van der Waals surface area contributed by atoms with Gasteiger partial charge in [-0.1, -0.05) is 17.7 Å². The predicted octanol–water partition coefficient (Wildman–Crippen LogP) is 4.72. The number of hydrogen-bond donors (Lipinski definition) is 2. The van der Waals surface area contributed by atoms with Crippen LogP contribution in [0.3, 0.4) is 0 Å². The lowest BCUT2D eigenvalue weighted by Crippen LogP contribution is -2.14. The van der Waals surface area contributed by atoms with Crippen LogP contribution in [0.5, 0.6) is 0 Å². The number of carbonyl (C=O) groups excluding carboxylic acids is 1. The summed E-state index contributed by atoms with van der Waals surface area (Å²) in [6.07, 6.45) is 2.92. The number of nitriles is 1. The first kappa shape index (κ1) is 18.4. The number of amides is 1. The number of aromatic nitrogens is 2. The maximum absolute atomic E-state index is 13.1. The molecule has 3 aromatic rings. The summed E-state index contributed by atoms with van der Waals surface area (Å²) >= 11 is 6.06. The van der Waals surface area contributed by atoms with E-state index in [0.717, 1.165) is 0 Å². The standard InChI is InChI=1S/C20H14ClFN4O/c1-12-17(21)3-2-4-18(12)25-20(27)14(10-23)9-15-11-24-26-19(15)13-5-7-16(22)8-6-13/h2-9,11H,1H3,(H,24,26)(H,25,27)/b14-9-. The van der Waals surface area contributed by atoms with Gasteiger partial charge < -0.3 is 5.32 Å². The first-order valence-electron chi connectivity index (χ1n) is 7.97. The monoisotopic (exact) mass is 380 g/mol. The van der Waals surface area contributed by atoms with Crippen molar-refractivity contribution in [3.63, 3.8) is 0 Å². The smallest absolute Gasteiger partial charge is 0.266 e. The minimum Gasteiger partial charge on any atom is -0.321 e. The number of anilines is 1. The van der Waals surface area contributed by atoms with Crippen LogP contribution in [0.25, 0.3) is 17.3 Å². The van der Waals surface area contributed by atoms with Crippen LogP contribution < -0.4 is 5.32 Å². The number of H-pyrrole nitrogens is 1. The number of benzene rings is 2. The summed E-state index contributed by atoms with van der Waals surface area (Å²) < 4.78 is 13.1. The molecule has 0 atom stereocenters. The summed E-state index contributed by atoms with van der Waals surface area (Å²) in [4.78, 5) is 12.5. The van der Waals surface area contributed by atoms with Crippen LogP contribution in [0, 0.1) is 24.1 Å². The average Bonchev–Trinajstić information content (AvgIpc) is 3.12. The van der Waals surface area contributed by atoms with Crippen molar-refractivity contribution in [1.82, 2.24) is 10.2 Å². The molecular formula is C20H14ClFN4O. The van der Waals surface area contributed by atoms with E-state index in [1.165, 1.54) is 24.4 Å². The number of halogens is 2. The largest absolute Gasteiger partial charge is 0.321 e. The molecule has 5 nitrogen and oxygen atoms in total. The van der Waals surface area contributed by atoms with Crippen molar-refractivity contribution >= 4 is 29.3 Å². The molecule has 1 amide bonds. The van der Waals surface area contributed by atoms with Crippen molar-refractivity contribution in [3.05, 3.63) is 76.2 Å². The maximum Gasteiger partial charge on any atom is 0.266 e. The first-order chi connectivity index (χ1) is 13.0. The highest BCUT2D eigenvalue weighted by atomic mass is 35.5. The van der Waals surface area contributed by atoms with Gasteiger partial charge in [0, 0.05) is 21.8 Å². The third-order valence-electron chi connectivity index (χ3n) is 3.98. The van der Waals surface area contributed by atoms with E-state index < -0.39 is 5.91 Å². The molecule has 0 bridgehead atoms. The Labute approximate surface area is 160 Å². The van der Waals surface area contributed by atoms with Crippen LogP contribution in [-0.2, 0) is 4.79 Å². The van der Waals surface area contributed by atoms with E-state index in [9.17, 15) is 14.4 Å². The minimum absolute atomic E-state index is 0.0980. The Kier molecular flexibility index (Phi) is 5.34. The molecule has 0 fully saturated rings. The van der Waals surface area contributed by atoms with Crippen molar-refractivity contribution in [3.8, 4) is 17.3 Å². The van der Waals surface area contributed by atoms with Crippen molar-refractivity contribution in [1.29, 1.82) is 5.26 Å². The fourth-order valence-corrected chi connectivity index (χ4v) is 2.66. The second-order valence-electron chi connectivity index (χ2n) is 5.74. The van der Waals surface area contributed by atoms with Crippen LogP contribution in [0.2, 0.25) is 5.02 Å². The zero-order chi connectivity index (χ0) is 19.4. The van der Waals surface area contributed by atoms with Crippen LogP contribution in [-0.4, -0.2) is 16.1 Å². The fourth-order valence-electron chi connectivity index (χ4n) is 2.49. The number of nitrogens with one attached hydrogen (secondary N) is 2. The fraction of sp³-hybridized carbons (Fsp3) is 0.0500. The minimum atomic E-state index is -0.561. The first-order valence-corrected chi connectivity index (χ1v) is 8.35. The van der Waals surface area contributed by atoms with Gasteiger partial charge in [-0.05, 0) is 55.0 Å². The lowest BCUT2D eigenvalue weighted by molar-refractivity contribution is -0.112. The van der Waals surface area contributed by atoms with Gasteiger partial charge in [-0.3, -0.25) is 9.89 Å². The molecule has 0 unspecified atom stereocenters. The van der Waals surface area contributed by atoms with Crippen LogP contribution in [0.15, 0.2) is 54.2 Å². The Morgan fingerprint density at radius 3 is 2.74 bits per heavy atom. The molecule has 0 saturated carbocycles. The molecule has 0 saturated heterocycles. The molecular weight excluding hydrogens is 367 g/mol. The molecule has 1 heterocycles. The summed E-state index contributed by atoms with van der Waals surface area (Å²) in [5.41, 5.74) is 2.94. The van der Waals surface area contributed by atoms with E-state index in [1.807, 2.05) is 6.07 Å². The van der Waals surface area contributed by atoms with Crippen molar-refractivity contribution in [2.24, 2.45) is 0 Å². The maximum atomic E-state index is 13.1. The van der Waals surface area contributed by atoms with E-state index in [4.69, 9.17) is 11.6 Å². The van der Waals surface area contributed by atoms with E-state index in [0.29, 0.717) is 33.1 Å². The number of nitrogens with zero attached hydrogens (tertiary/aromatic N) is 2. The zero-order valence-corrected chi connectivity index (χ0v) is 15.0. The van der Waals surface area contributed by atoms with E-state index in [2.05, 4.69) is 15.5 Å². The summed E-state index contributed by atoms with van der Waals surface area (Å²) in [5.74, 6) is -0.918. The second-order valence-corrected chi connectivity index (χ2v) is 6.15. The van der Waals surface area contributed by atoms with Crippen molar-refractivity contribution < 1.29 is 9.18 Å². The molecule has 0 spiro atoms. The molecule has 0 aliphatic carbocycles. The summed E-state index contributed by atoms with van der Waals surface area (Å²) in [6.45, 7) is 1.77. The molecule has 0 aliphatic heterocycles. The molecule has 7 heteroatoms. The zero-order valence-electron chi connectivity index (χ0n) is 14.3. The highest BCUT2D eigenvalue weighted by Crippen LogP contribution is 2.25. The average molecular weight is 381 g/mol. The Morgan fingerprint density at radius 1 is 1.30 bits per heavy atom. The Hall–Kier alpha value is -3.43. The normalized spacial score (nSPS) is 11.1. The SMILES string of the molecule is Cc1c(Cl)cccc1NC(=O)/C(C#N)=C\c1cn[nH]c1-c1ccc(F)cc1. The molecule has 134 valence electrons. The Bertz CT molecular complexity index is 1060. The highest BCUT2D eigenvalue weighted by Gasteiger charge is 2.14. The summed E-state index contributed by atoms with van der Waals surface area (Å²) in [7, 11) is 0. The lowest BCUT2D eigenvalue weighted by Gasteiger charge is -2.09. The topological polar surface area (TPSA) is 81.6 Å². The van der Waals surface area contributed by atoms with Gasteiger partial charge in [0.2, 0.25) is 0 Å². The van der Waals surface area contributed by atoms with Gasteiger partial charge in [-0.2, -0.15) is 10.4 Å². The van der Waals surface area contributed by atoms with Gasteiger partial charge in [0.25, 0.3) is 5.91 Å². The van der Waals surface area contributed by atoms with Gasteiger partial charge in [-0.25, -0.2) is 4.39 Å². The molecule has 0 radical (unpaired) electrons. The molecule has 27 heavy (non-hydrogen) atoms. The number of hydrogen-bond acceptors (Lipinski definition) is 3. The Balaban J connectivity index is 1.90. The predicted molar refractivity (Wildman–Crippen MR) is 102 cm³/mol. The quantitative estimate of drug-likeness (QED) is 0.507. The van der Waals surface area contributed by atoms with Crippen LogP contribution in [0.4, 0.5) is 10.1 Å². The van der Waals surface area contributed by atoms with Gasteiger partial charge in [0.1, 0.15) is 17.5 Å². The molecule has 3 rings (SSSR count). The van der Waals surface area contributed by atoms with Gasteiger partial charge in [-0.15, -0.1) is 0 Å². The third-order valence-corrected chi connectivity index (χ3v) is 4.39. The van der Waals surface area contributed by atoms with Gasteiger partial charge >= 0.3 is 0 Å². The molecule has 1 aromatic heterocycles. The highest BCUT2D eigenvalue weighted by molar-refractivity contribution is 6.31. The summed E-state index contributed by atoms with van der Waals surface area (Å²) in [5, 5.41) is 19.4. The summed E-state index contributed by atoms with van der Waals surface area (Å²) in [6, 6.07) is 12.8. The van der Waals surface area contributed by atoms with E-state index in [1.54, 1.807) is 37.3 Å². The van der Waals surface area contributed by atoms with Gasteiger partial charge in [0.05, 0.1) is 11.9 Å². The molecule has 2 N–H and O–H groups in total. The van der Waals surface area contributed by atoms with Crippen LogP contribution >= 0.6 is 11.6 Å². The van der Waals surface area contributed by atoms with Crippen LogP contribution in [0.1, 0.15) is 11.1 Å². The molecule has 2 aromatic carbocycles. The van der Waals surface area contributed by atoms with Crippen molar-refractivity contribution in [2.45, 2.75) is 6.92 Å². The van der Waals surface area contributed by atoms with E-state index in [-0.39, 0.29) is 11.4 Å². The number of carbonyl (C=O) groups is 1. The number of aromatic amines is 1. The Morgan fingerprint density at radius 2 is 2.04 bits per heavy atom. The second kappa shape index (κ2) is 7.85. The van der Waals surface area contributed by atoms with Crippen molar-refractivity contribution in [2.75, 3.05) is 5.32 Å². The molecule has 0 aliphatic rings. The van der Waals surface area contributed by atoms with Gasteiger partial charge in [0.15, 0.2) is 0 Å².